The Morgan fingerprint density at radius 1 is 1.10 bits per heavy atom. The predicted molar refractivity (Wildman–Crippen MR) is 126 cm³/mol. The Morgan fingerprint density at radius 3 is 2.40 bits per heavy atom. The molecule has 1 N–H and O–H groups in total. The molecule has 0 saturated carbocycles. The molecule has 1 atom stereocenters. The highest BCUT2D eigenvalue weighted by Gasteiger charge is 2.25. The minimum Gasteiger partial charge on any atom is -0.354 e. The van der Waals surface area contributed by atoms with Gasteiger partial charge in [0.2, 0.25) is 11.8 Å². The first kappa shape index (κ1) is 24.3. The molecule has 0 heterocycles. The van der Waals surface area contributed by atoms with E-state index in [9.17, 15) is 9.59 Å². The average Bonchev–Trinajstić information content (AvgIpc) is 2.74. The molecule has 0 aromatic heterocycles. The maximum atomic E-state index is 13.0. The normalized spacial score (nSPS) is 11.7. The Bertz CT molecular complexity index is 809. The maximum absolute atomic E-state index is 13.0. The fourth-order valence-electron chi connectivity index (χ4n) is 2.94. The molecular formula is C24H31ClN2O2S. The third-order valence-corrected chi connectivity index (χ3v) is 6.13. The summed E-state index contributed by atoms with van der Waals surface area (Å²) in [4.78, 5) is 28.4. The van der Waals surface area contributed by atoms with Crippen LogP contribution in [-0.4, -0.2) is 35.1 Å². The van der Waals surface area contributed by atoms with Gasteiger partial charge in [-0.25, -0.2) is 0 Å². The summed E-state index contributed by atoms with van der Waals surface area (Å²) >= 11 is 7.54. The van der Waals surface area contributed by atoms with E-state index in [-0.39, 0.29) is 11.8 Å². The summed E-state index contributed by atoms with van der Waals surface area (Å²) in [5, 5.41) is 3.65. The van der Waals surface area contributed by atoms with E-state index < -0.39 is 6.04 Å². The number of aryl methyl sites for hydroxylation is 1. The Balaban J connectivity index is 2.02. The summed E-state index contributed by atoms with van der Waals surface area (Å²) < 4.78 is 0. The molecule has 2 amide bonds. The van der Waals surface area contributed by atoms with Crippen molar-refractivity contribution < 1.29 is 9.59 Å². The molecule has 0 bridgehead atoms. The quantitative estimate of drug-likeness (QED) is 0.368. The smallest absolute Gasteiger partial charge is 0.242 e. The van der Waals surface area contributed by atoms with Gasteiger partial charge in [0, 0.05) is 35.2 Å². The summed E-state index contributed by atoms with van der Waals surface area (Å²) in [6.45, 7) is 6.98. The monoisotopic (exact) mass is 446 g/mol. The molecule has 30 heavy (non-hydrogen) atoms. The van der Waals surface area contributed by atoms with Gasteiger partial charge in [0.1, 0.15) is 6.04 Å². The summed E-state index contributed by atoms with van der Waals surface area (Å²) in [7, 11) is 0. The van der Waals surface area contributed by atoms with Crippen LogP contribution in [0.1, 0.15) is 44.2 Å². The second-order valence-electron chi connectivity index (χ2n) is 7.38. The van der Waals surface area contributed by atoms with Gasteiger partial charge in [-0.2, -0.15) is 0 Å². The largest absolute Gasteiger partial charge is 0.354 e. The van der Waals surface area contributed by atoms with Crippen LogP contribution in [0, 0.1) is 6.92 Å². The molecule has 2 rings (SSSR count). The summed E-state index contributed by atoms with van der Waals surface area (Å²) in [6.07, 6.45) is 2.32. The van der Waals surface area contributed by atoms with E-state index in [0.717, 1.165) is 23.3 Å². The number of carbonyl (C=O) groups is 2. The van der Waals surface area contributed by atoms with E-state index in [4.69, 9.17) is 11.6 Å². The molecular weight excluding hydrogens is 416 g/mol. The molecule has 0 saturated heterocycles. The molecule has 0 aliphatic carbocycles. The van der Waals surface area contributed by atoms with Crippen molar-refractivity contribution in [3.8, 4) is 0 Å². The van der Waals surface area contributed by atoms with Crippen LogP contribution in [0.4, 0.5) is 0 Å². The minimum absolute atomic E-state index is 0.0184. The molecule has 0 aliphatic rings. The fourth-order valence-corrected chi connectivity index (χ4v) is 3.91. The van der Waals surface area contributed by atoms with Crippen molar-refractivity contribution in [2.75, 3.05) is 12.3 Å². The Morgan fingerprint density at radius 2 is 1.77 bits per heavy atom. The zero-order valence-corrected chi connectivity index (χ0v) is 19.6. The zero-order valence-electron chi connectivity index (χ0n) is 18.0. The number of thioether (sulfide) groups is 1. The van der Waals surface area contributed by atoms with Gasteiger partial charge >= 0.3 is 0 Å². The van der Waals surface area contributed by atoms with Gasteiger partial charge in [0.05, 0.1) is 0 Å². The number of unbranched alkanes of at least 4 members (excludes halogenated alkanes) is 1. The summed E-state index contributed by atoms with van der Waals surface area (Å²) in [6, 6.07) is 15.2. The highest BCUT2D eigenvalue weighted by molar-refractivity contribution is 7.99. The SMILES string of the molecule is CCCCNC(=O)[C@@H](C)N(Cc1ccc(C)cc1)C(=O)CCSc1ccc(Cl)cc1. The third kappa shape index (κ3) is 8.04. The van der Waals surface area contributed by atoms with Crippen LogP contribution in [0.3, 0.4) is 0 Å². The van der Waals surface area contributed by atoms with Crippen molar-refractivity contribution >= 4 is 35.2 Å². The summed E-state index contributed by atoms with van der Waals surface area (Å²) in [5.74, 6) is 0.527. The zero-order chi connectivity index (χ0) is 21.9. The number of amides is 2. The van der Waals surface area contributed by atoms with Gasteiger partial charge in [0.15, 0.2) is 0 Å². The Hall–Kier alpha value is -1.98. The third-order valence-electron chi connectivity index (χ3n) is 4.87. The first-order chi connectivity index (χ1) is 14.4. The van der Waals surface area contributed by atoms with Crippen LogP contribution in [0.5, 0.6) is 0 Å². The van der Waals surface area contributed by atoms with Crippen molar-refractivity contribution in [3.63, 3.8) is 0 Å². The molecule has 2 aromatic carbocycles. The standard InChI is InChI=1S/C24H31ClN2O2S/c1-4-5-15-26-24(29)19(3)27(17-20-8-6-18(2)7-9-20)23(28)14-16-30-22-12-10-21(25)11-13-22/h6-13,19H,4-5,14-17H2,1-3H3,(H,26,29)/t19-/m1/s1. The molecule has 162 valence electrons. The number of halogens is 1. The first-order valence-electron chi connectivity index (χ1n) is 10.4. The number of hydrogen-bond acceptors (Lipinski definition) is 3. The van der Waals surface area contributed by atoms with Crippen molar-refractivity contribution in [3.05, 3.63) is 64.7 Å². The molecule has 0 fully saturated rings. The van der Waals surface area contributed by atoms with Gasteiger partial charge in [-0.05, 0) is 50.1 Å². The minimum atomic E-state index is -0.517. The predicted octanol–water partition coefficient (Wildman–Crippen LogP) is 5.46. The van der Waals surface area contributed by atoms with Crippen LogP contribution in [0.15, 0.2) is 53.4 Å². The second kappa shape index (κ2) is 12.7. The lowest BCUT2D eigenvalue weighted by atomic mass is 10.1. The van der Waals surface area contributed by atoms with Crippen molar-refractivity contribution in [1.29, 1.82) is 0 Å². The molecule has 2 aromatic rings. The fraction of sp³-hybridized carbons (Fsp3) is 0.417. The lowest BCUT2D eigenvalue weighted by molar-refractivity contribution is -0.140. The maximum Gasteiger partial charge on any atom is 0.242 e. The first-order valence-corrected chi connectivity index (χ1v) is 11.8. The Kier molecular flexibility index (Phi) is 10.2. The molecule has 4 nitrogen and oxygen atoms in total. The molecule has 0 aliphatic heterocycles. The number of rotatable bonds is 11. The van der Waals surface area contributed by atoms with Crippen LogP contribution in [-0.2, 0) is 16.1 Å². The molecule has 0 unspecified atom stereocenters. The number of nitrogens with one attached hydrogen (secondary N) is 1. The summed E-state index contributed by atoms with van der Waals surface area (Å²) in [5.41, 5.74) is 2.19. The van der Waals surface area contributed by atoms with Crippen molar-refractivity contribution in [1.82, 2.24) is 10.2 Å². The lowest BCUT2D eigenvalue weighted by Gasteiger charge is -2.29. The lowest BCUT2D eigenvalue weighted by Crippen LogP contribution is -2.47. The molecule has 0 radical (unpaired) electrons. The molecule has 0 spiro atoms. The number of nitrogens with zero attached hydrogens (tertiary/aromatic N) is 1. The Labute approximate surface area is 189 Å². The van der Waals surface area contributed by atoms with Crippen LogP contribution < -0.4 is 5.32 Å². The number of benzene rings is 2. The van der Waals surface area contributed by atoms with Crippen LogP contribution in [0.25, 0.3) is 0 Å². The van der Waals surface area contributed by atoms with E-state index in [1.165, 1.54) is 5.56 Å². The number of hydrogen-bond donors (Lipinski definition) is 1. The van der Waals surface area contributed by atoms with Crippen LogP contribution >= 0.6 is 23.4 Å². The molecule has 6 heteroatoms. The van der Waals surface area contributed by atoms with Gasteiger partial charge < -0.3 is 10.2 Å². The average molecular weight is 447 g/mol. The van der Waals surface area contributed by atoms with E-state index in [0.29, 0.717) is 30.3 Å². The van der Waals surface area contributed by atoms with Gasteiger partial charge in [-0.1, -0.05) is 54.8 Å². The topological polar surface area (TPSA) is 49.4 Å². The highest BCUT2D eigenvalue weighted by atomic mass is 35.5. The van der Waals surface area contributed by atoms with E-state index in [1.54, 1.807) is 23.6 Å². The van der Waals surface area contributed by atoms with Gasteiger partial charge in [0.25, 0.3) is 0 Å². The van der Waals surface area contributed by atoms with Crippen LogP contribution in [0.2, 0.25) is 5.02 Å². The highest BCUT2D eigenvalue weighted by Crippen LogP contribution is 2.22. The van der Waals surface area contributed by atoms with Crippen molar-refractivity contribution in [2.24, 2.45) is 0 Å². The second-order valence-corrected chi connectivity index (χ2v) is 8.98. The van der Waals surface area contributed by atoms with E-state index in [2.05, 4.69) is 12.2 Å². The number of carbonyl (C=O) groups excluding carboxylic acids is 2. The van der Waals surface area contributed by atoms with E-state index in [1.807, 2.05) is 55.5 Å². The van der Waals surface area contributed by atoms with Crippen molar-refractivity contribution in [2.45, 2.75) is 57.5 Å². The van der Waals surface area contributed by atoms with Gasteiger partial charge in [-0.15, -0.1) is 11.8 Å². The van der Waals surface area contributed by atoms with Gasteiger partial charge in [-0.3, -0.25) is 9.59 Å². The van der Waals surface area contributed by atoms with E-state index >= 15 is 0 Å².